The second-order valence-corrected chi connectivity index (χ2v) is 19.1. The molecule has 2 aromatic carbocycles. The number of fused-ring (bicyclic) bond motifs is 1. The Hall–Kier alpha value is -5.00. The molecule has 18 heteroatoms. The number of pyridine rings is 1. The number of sulfonamides is 1. The van der Waals surface area contributed by atoms with E-state index in [1.807, 2.05) is 20.8 Å². The molecule has 3 amide bonds. The van der Waals surface area contributed by atoms with Crippen LogP contribution in [0.4, 0.5) is 9.52 Å². The van der Waals surface area contributed by atoms with Crippen molar-refractivity contribution in [3.05, 3.63) is 71.5 Å². The number of benzene rings is 2. The number of halogens is 2. The first-order valence-electron chi connectivity index (χ1n) is 18.6. The topological polar surface area (TPSA) is 178 Å². The van der Waals surface area contributed by atoms with E-state index >= 15 is 0 Å². The highest BCUT2D eigenvalue weighted by atomic mass is 35.5. The minimum Gasteiger partial charge on any atom is -0.496 e. The fourth-order valence-electron chi connectivity index (χ4n) is 7.26. The van der Waals surface area contributed by atoms with E-state index in [0.717, 1.165) is 0 Å². The van der Waals surface area contributed by atoms with Crippen LogP contribution in [-0.4, -0.2) is 90.7 Å². The maximum atomic E-state index is 14.9. The molecule has 58 heavy (non-hydrogen) atoms. The summed E-state index contributed by atoms with van der Waals surface area (Å²) in [6, 6.07) is 7.18. The summed E-state index contributed by atoms with van der Waals surface area (Å²) < 4.78 is 59.4. The average molecular weight is 855 g/mol. The molecule has 2 aliphatic carbocycles. The standard InChI is InChI=1S/C40H44ClFN6O8S2/c1-7-21-17-40(21,37(51)47-58(52,53)25-10-11-25)46-34(49)30-16-24(56-35-27-14-22(41)8-12-26(27)32(55-6)18-43-35)19-48(30)36(50)33(39(2,3)4)45-38-44-29(20-57-38)28-15-23(42)9-13-31(28)54-5/h7-9,12-15,18,20-21,24-25,30,33H,1,10-11,16-17,19H2,2-6H3,(H,44,45)(H,46,49)(H,47,51)/t21-,24-,30+,33-,40-/m1/s1. The first kappa shape index (κ1) is 41.2. The first-order valence-corrected chi connectivity index (χ1v) is 21.4. The van der Waals surface area contributed by atoms with E-state index in [9.17, 15) is 27.2 Å². The lowest BCUT2D eigenvalue weighted by molar-refractivity contribution is -0.141. The molecule has 0 radical (unpaired) electrons. The summed E-state index contributed by atoms with van der Waals surface area (Å²) in [5.74, 6) is -1.86. The highest BCUT2D eigenvalue weighted by Crippen LogP contribution is 2.46. The Labute approximate surface area is 344 Å². The van der Waals surface area contributed by atoms with Crippen molar-refractivity contribution in [2.45, 2.75) is 75.4 Å². The van der Waals surface area contributed by atoms with Gasteiger partial charge in [-0.05, 0) is 61.1 Å². The second kappa shape index (κ2) is 15.6. The molecule has 2 aromatic heterocycles. The molecule has 0 bridgehead atoms. The first-order chi connectivity index (χ1) is 27.5. The van der Waals surface area contributed by atoms with Gasteiger partial charge in [0, 0.05) is 39.1 Å². The van der Waals surface area contributed by atoms with Gasteiger partial charge < -0.3 is 29.7 Å². The van der Waals surface area contributed by atoms with Crippen LogP contribution in [0.25, 0.3) is 22.0 Å². The minimum absolute atomic E-state index is 0.00178. The van der Waals surface area contributed by atoms with E-state index in [2.05, 4.69) is 31.9 Å². The van der Waals surface area contributed by atoms with Gasteiger partial charge in [-0.1, -0.05) is 38.4 Å². The SMILES string of the molecule is C=C[C@@H]1C[C@]1(NC(=O)[C@@H]1C[C@@H](Oc2ncc(OC)c3ccc(Cl)cc23)CN1C(=O)[C@@H](Nc1nc(-c2cc(F)ccc2OC)cs1)C(C)(C)C)C(=O)NS(=O)(=O)C1CC1. The third kappa shape index (κ3) is 8.16. The number of ether oxygens (including phenoxy) is 3. The van der Waals surface area contributed by atoms with Crippen LogP contribution in [0.15, 0.2) is 60.6 Å². The number of methoxy groups -OCH3 is 2. The molecule has 2 saturated carbocycles. The second-order valence-electron chi connectivity index (χ2n) is 15.8. The molecule has 0 spiro atoms. The fraction of sp³-hybridized carbons (Fsp3) is 0.425. The predicted octanol–water partition coefficient (Wildman–Crippen LogP) is 5.71. The number of hydrogen-bond acceptors (Lipinski definition) is 12. The molecule has 3 fully saturated rings. The van der Waals surface area contributed by atoms with Crippen molar-refractivity contribution >= 4 is 66.6 Å². The summed E-state index contributed by atoms with van der Waals surface area (Å²) >= 11 is 7.58. The van der Waals surface area contributed by atoms with Crippen molar-refractivity contribution in [3.63, 3.8) is 0 Å². The Morgan fingerprint density at radius 1 is 1.10 bits per heavy atom. The maximum Gasteiger partial charge on any atom is 0.259 e. The minimum atomic E-state index is -3.92. The van der Waals surface area contributed by atoms with E-state index in [1.165, 1.54) is 60.9 Å². The monoisotopic (exact) mass is 854 g/mol. The number of carbonyl (C=O) groups excluding carboxylic acids is 3. The van der Waals surface area contributed by atoms with E-state index in [4.69, 9.17) is 25.8 Å². The van der Waals surface area contributed by atoms with Crippen molar-refractivity contribution < 1.29 is 41.4 Å². The van der Waals surface area contributed by atoms with E-state index in [0.29, 0.717) is 56.5 Å². The molecular weight excluding hydrogens is 811 g/mol. The van der Waals surface area contributed by atoms with Crippen LogP contribution in [0.2, 0.25) is 5.02 Å². The molecule has 0 unspecified atom stereocenters. The maximum absolute atomic E-state index is 14.9. The third-order valence-electron chi connectivity index (χ3n) is 10.7. The van der Waals surface area contributed by atoms with Crippen LogP contribution in [-0.2, 0) is 24.4 Å². The quantitative estimate of drug-likeness (QED) is 0.132. The fourth-order valence-corrected chi connectivity index (χ4v) is 9.53. The molecule has 1 aliphatic heterocycles. The van der Waals surface area contributed by atoms with E-state index in [-0.39, 0.29) is 25.3 Å². The lowest BCUT2D eigenvalue weighted by Gasteiger charge is -2.35. The number of thiazole rings is 1. The van der Waals surface area contributed by atoms with Crippen molar-refractivity contribution in [1.29, 1.82) is 0 Å². The zero-order chi connectivity index (χ0) is 41.7. The van der Waals surface area contributed by atoms with E-state index in [1.54, 1.807) is 23.6 Å². The summed E-state index contributed by atoms with van der Waals surface area (Å²) in [7, 11) is -0.928. The predicted molar refractivity (Wildman–Crippen MR) is 218 cm³/mol. The number of amides is 3. The number of nitrogens with one attached hydrogen (secondary N) is 3. The summed E-state index contributed by atoms with van der Waals surface area (Å²) in [6.07, 6.45) is 3.28. The van der Waals surface area contributed by atoms with Crippen molar-refractivity contribution in [2.75, 3.05) is 26.1 Å². The summed E-state index contributed by atoms with van der Waals surface area (Å²) in [5.41, 5.74) is -1.45. The van der Waals surface area contributed by atoms with Crippen molar-refractivity contribution in [2.24, 2.45) is 11.3 Å². The highest BCUT2D eigenvalue weighted by Gasteiger charge is 2.62. The van der Waals surface area contributed by atoms with Crippen LogP contribution in [0, 0.1) is 17.2 Å². The lowest BCUT2D eigenvalue weighted by Crippen LogP contribution is -2.58. The van der Waals surface area contributed by atoms with Crippen LogP contribution in [0.5, 0.6) is 17.4 Å². The molecule has 3 N–H and O–H groups in total. The smallest absolute Gasteiger partial charge is 0.259 e. The molecule has 5 atom stereocenters. The largest absolute Gasteiger partial charge is 0.496 e. The number of likely N-dealkylation sites (tertiary alicyclic amines) is 1. The summed E-state index contributed by atoms with van der Waals surface area (Å²) in [6.45, 7) is 9.33. The molecule has 308 valence electrons. The molecule has 3 aliphatic rings. The van der Waals surface area contributed by atoms with Gasteiger partial charge in [-0.25, -0.2) is 22.8 Å². The molecule has 4 aromatic rings. The van der Waals surface area contributed by atoms with Gasteiger partial charge in [-0.15, -0.1) is 17.9 Å². The Bertz CT molecular complexity index is 2400. The number of carbonyl (C=O) groups is 3. The van der Waals surface area contributed by atoms with Gasteiger partial charge in [-0.3, -0.25) is 19.1 Å². The highest BCUT2D eigenvalue weighted by molar-refractivity contribution is 7.91. The summed E-state index contributed by atoms with van der Waals surface area (Å²) in [5, 5.41) is 9.19. The van der Waals surface area contributed by atoms with Gasteiger partial charge in [0.2, 0.25) is 27.7 Å². The Balaban J connectivity index is 1.20. The van der Waals surface area contributed by atoms with Gasteiger partial charge in [-0.2, -0.15) is 0 Å². The molecule has 1 saturated heterocycles. The van der Waals surface area contributed by atoms with Gasteiger partial charge in [0.15, 0.2) is 5.13 Å². The number of rotatable bonds is 14. The molecule has 3 heterocycles. The van der Waals surface area contributed by atoms with E-state index < -0.39 is 73.9 Å². The summed E-state index contributed by atoms with van der Waals surface area (Å²) in [4.78, 5) is 53.5. The van der Waals surface area contributed by atoms with Crippen LogP contribution >= 0.6 is 22.9 Å². The normalized spacial score (nSPS) is 22.2. The molecular formula is C40H44ClFN6O8S2. The van der Waals surface area contributed by atoms with Gasteiger partial charge >= 0.3 is 0 Å². The van der Waals surface area contributed by atoms with Gasteiger partial charge in [0.1, 0.15) is 41.0 Å². The Morgan fingerprint density at radius 3 is 2.50 bits per heavy atom. The van der Waals surface area contributed by atoms with Crippen LogP contribution < -0.4 is 29.6 Å². The average Bonchev–Trinajstić information content (AvgIpc) is 4.07. The van der Waals surface area contributed by atoms with Crippen LogP contribution in [0.3, 0.4) is 0 Å². The third-order valence-corrected chi connectivity index (χ3v) is 13.5. The van der Waals surface area contributed by atoms with Crippen molar-refractivity contribution in [3.8, 4) is 28.6 Å². The van der Waals surface area contributed by atoms with Gasteiger partial charge in [0.25, 0.3) is 5.91 Å². The van der Waals surface area contributed by atoms with Gasteiger partial charge in [0.05, 0.1) is 37.9 Å². The number of nitrogens with zero attached hydrogens (tertiary/aromatic N) is 3. The number of aromatic nitrogens is 2. The zero-order valence-electron chi connectivity index (χ0n) is 32.5. The lowest BCUT2D eigenvalue weighted by atomic mass is 9.85. The number of anilines is 1. The molecule has 14 nitrogen and oxygen atoms in total. The molecule has 7 rings (SSSR count). The zero-order valence-corrected chi connectivity index (χ0v) is 34.9. The van der Waals surface area contributed by atoms with Crippen molar-refractivity contribution in [1.82, 2.24) is 24.9 Å². The Morgan fingerprint density at radius 2 is 1.84 bits per heavy atom. The Kier molecular flexibility index (Phi) is 11.1. The number of hydrogen-bond donors (Lipinski definition) is 3. The van der Waals surface area contributed by atoms with Crippen LogP contribution in [0.1, 0.15) is 46.5 Å².